The molecule has 3 aromatic heterocycles. The van der Waals surface area contributed by atoms with Crippen LogP contribution in [0.4, 0.5) is 5.69 Å². The Balaban J connectivity index is 1.55. The smallest absolute Gasteiger partial charge is 0.234 e. The number of halogens is 1. The van der Waals surface area contributed by atoms with Crippen LogP contribution < -0.4 is 5.32 Å². The Morgan fingerprint density at radius 2 is 2.00 bits per heavy atom. The van der Waals surface area contributed by atoms with E-state index in [1.165, 1.54) is 11.8 Å². The first-order valence-electron chi connectivity index (χ1n) is 9.16. The van der Waals surface area contributed by atoms with E-state index in [9.17, 15) is 4.79 Å². The van der Waals surface area contributed by atoms with Gasteiger partial charge < -0.3 is 9.73 Å². The molecule has 0 radical (unpaired) electrons. The first kappa shape index (κ1) is 20.2. The van der Waals surface area contributed by atoms with Crippen molar-refractivity contribution in [1.82, 2.24) is 19.7 Å². The molecular weight excluding hydrogens is 422 g/mol. The highest BCUT2D eigenvalue weighted by Gasteiger charge is 2.19. The topological polar surface area (TPSA) is 85.8 Å². The summed E-state index contributed by atoms with van der Waals surface area (Å²) in [6.45, 7) is 2.46. The third-order valence-electron chi connectivity index (χ3n) is 4.37. The van der Waals surface area contributed by atoms with E-state index in [-0.39, 0.29) is 16.8 Å². The first-order chi connectivity index (χ1) is 14.6. The zero-order chi connectivity index (χ0) is 20.9. The number of carbonyl (C=O) groups is 1. The fourth-order valence-electron chi connectivity index (χ4n) is 2.92. The Morgan fingerprint density at radius 1 is 1.17 bits per heavy atom. The summed E-state index contributed by atoms with van der Waals surface area (Å²) in [6.07, 6.45) is 3.20. The van der Waals surface area contributed by atoms with E-state index in [1.54, 1.807) is 24.6 Å². The van der Waals surface area contributed by atoms with Gasteiger partial charge in [-0.15, -0.1) is 10.2 Å². The average Bonchev–Trinajstić information content (AvgIpc) is 3.34. The number of hydrogen-bond donors (Lipinski definition) is 1. The Kier molecular flexibility index (Phi) is 6.15. The molecule has 0 aliphatic rings. The molecule has 7 nitrogen and oxygen atoms in total. The SMILES string of the molecule is Cc1occc1-c1nnc(SCC(=O)Nc2cccnc2Cl)n1Cc1ccccc1. The van der Waals surface area contributed by atoms with Crippen molar-refractivity contribution in [1.29, 1.82) is 0 Å². The van der Waals surface area contributed by atoms with Gasteiger partial charge in [-0.2, -0.15) is 0 Å². The minimum absolute atomic E-state index is 0.155. The van der Waals surface area contributed by atoms with Gasteiger partial charge in [-0.05, 0) is 30.7 Å². The third-order valence-corrected chi connectivity index (χ3v) is 5.63. The lowest BCUT2D eigenvalue weighted by atomic mass is 10.2. The molecule has 4 rings (SSSR count). The molecular formula is C21H18ClN5O2S. The molecule has 0 spiro atoms. The van der Waals surface area contributed by atoms with Crippen molar-refractivity contribution in [2.24, 2.45) is 0 Å². The summed E-state index contributed by atoms with van der Waals surface area (Å²) >= 11 is 7.31. The highest BCUT2D eigenvalue weighted by molar-refractivity contribution is 7.99. The summed E-state index contributed by atoms with van der Waals surface area (Å²) in [7, 11) is 0. The second-order valence-corrected chi connectivity index (χ2v) is 7.75. The van der Waals surface area contributed by atoms with Crippen molar-refractivity contribution < 1.29 is 9.21 Å². The molecule has 0 atom stereocenters. The number of amides is 1. The highest BCUT2D eigenvalue weighted by atomic mass is 35.5. The Labute approximate surface area is 182 Å². The Bertz CT molecular complexity index is 1160. The molecule has 0 aliphatic carbocycles. The van der Waals surface area contributed by atoms with Crippen LogP contribution in [0.2, 0.25) is 5.15 Å². The number of pyridine rings is 1. The molecule has 0 unspecified atom stereocenters. The van der Waals surface area contributed by atoms with Crippen molar-refractivity contribution >= 4 is 35.0 Å². The quantitative estimate of drug-likeness (QED) is 0.332. The normalized spacial score (nSPS) is 10.9. The molecule has 1 aromatic carbocycles. The highest BCUT2D eigenvalue weighted by Crippen LogP contribution is 2.28. The van der Waals surface area contributed by atoms with Crippen LogP contribution >= 0.6 is 23.4 Å². The number of hydrogen-bond acceptors (Lipinski definition) is 6. The first-order valence-corrected chi connectivity index (χ1v) is 10.5. The minimum Gasteiger partial charge on any atom is -0.469 e. The van der Waals surface area contributed by atoms with Crippen LogP contribution in [0.25, 0.3) is 11.4 Å². The van der Waals surface area contributed by atoms with E-state index in [2.05, 4.69) is 20.5 Å². The number of aromatic nitrogens is 4. The van der Waals surface area contributed by atoms with Gasteiger partial charge in [0.1, 0.15) is 5.76 Å². The predicted molar refractivity (Wildman–Crippen MR) is 117 cm³/mol. The van der Waals surface area contributed by atoms with Gasteiger partial charge in [-0.1, -0.05) is 53.7 Å². The lowest BCUT2D eigenvalue weighted by molar-refractivity contribution is -0.113. The molecule has 3 heterocycles. The van der Waals surface area contributed by atoms with Crippen molar-refractivity contribution in [2.45, 2.75) is 18.6 Å². The van der Waals surface area contributed by atoms with Gasteiger partial charge in [0, 0.05) is 6.20 Å². The van der Waals surface area contributed by atoms with Crippen molar-refractivity contribution in [3.8, 4) is 11.4 Å². The number of rotatable bonds is 7. The van der Waals surface area contributed by atoms with E-state index in [0.29, 0.717) is 23.2 Å². The minimum atomic E-state index is -0.204. The van der Waals surface area contributed by atoms with E-state index in [0.717, 1.165) is 16.9 Å². The van der Waals surface area contributed by atoms with Crippen molar-refractivity contribution in [2.75, 3.05) is 11.1 Å². The van der Waals surface area contributed by atoms with Crippen LogP contribution in [0.5, 0.6) is 0 Å². The Morgan fingerprint density at radius 3 is 2.73 bits per heavy atom. The fourth-order valence-corrected chi connectivity index (χ4v) is 3.82. The van der Waals surface area contributed by atoms with Gasteiger partial charge >= 0.3 is 0 Å². The van der Waals surface area contributed by atoms with E-state index in [4.69, 9.17) is 16.0 Å². The zero-order valence-corrected chi connectivity index (χ0v) is 17.7. The number of nitrogens with zero attached hydrogens (tertiary/aromatic N) is 4. The third kappa shape index (κ3) is 4.55. The number of nitrogens with one attached hydrogen (secondary N) is 1. The van der Waals surface area contributed by atoms with Gasteiger partial charge in [0.2, 0.25) is 5.91 Å². The summed E-state index contributed by atoms with van der Waals surface area (Å²) in [4.78, 5) is 16.4. The number of aryl methyl sites for hydroxylation is 1. The molecule has 0 bridgehead atoms. The molecule has 0 saturated heterocycles. The van der Waals surface area contributed by atoms with Crippen molar-refractivity contribution in [3.05, 3.63) is 77.5 Å². The standard InChI is InChI=1S/C21H18ClN5O2S/c1-14-16(9-11-29-14)20-25-26-21(27(20)12-15-6-3-2-4-7-15)30-13-18(28)24-17-8-5-10-23-19(17)22/h2-11H,12-13H2,1H3,(H,24,28). The summed E-state index contributed by atoms with van der Waals surface area (Å²) in [6, 6.07) is 15.3. The van der Waals surface area contributed by atoms with E-state index < -0.39 is 0 Å². The predicted octanol–water partition coefficient (Wildman–Crippen LogP) is 4.67. The summed E-state index contributed by atoms with van der Waals surface area (Å²) < 4.78 is 7.43. The van der Waals surface area contributed by atoms with E-state index >= 15 is 0 Å². The maximum atomic E-state index is 12.4. The Hall–Kier alpha value is -3.10. The van der Waals surface area contributed by atoms with Crippen molar-refractivity contribution in [3.63, 3.8) is 0 Å². The van der Waals surface area contributed by atoms with Crippen LogP contribution in [0.1, 0.15) is 11.3 Å². The molecule has 9 heteroatoms. The summed E-state index contributed by atoms with van der Waals surface area (Å²) in [5.41, 5.74) is 2.45. The van der Waals surface area contributed by atoms with Crippen LogP contribution in [-0.4, -0.2) is 31.4 Å². The molecule has 0 aliphatic heterocycles. The number of carbonyl (C=O) groups excluding carboxylic acids is 1. The van der Waals surface area contributed by atoms with Crippen LogP contribution in [0.3, 0.4) is 0 Å². The molecule has 1 amide bonds. The molecule has 0 saturated carbocycles. The maximum absolute atomic E-state index is 12.4. The lowest BCUT2D eigenvalue weighted by Gasteiger charge is -2.10. The molecule has 4 aromatic rings. The van der Waals surface area contributed by atoms with Gasteiger partial charge in [-0.25, -0.2) is 4.98 Å². The molecule has 30 heavy (non-hydrogen) atoms. The van der Waals surface area contributed by atoms with Crippen LogP contribution in [-0.2, 0) is 11.3 Å². The van der Waals surface area contributed by atoms with Gasteiger partial charge in [0.05, 0.1) is 29.8 Å². The monoisotopic (exact) mass is 439 g/mol. The number of furan rings is 1. The van der Waals surface area contributed by atoms with Gasteiger partial charge in [0.25, 0.3) is 0 Å². The molecule has 152 valence electrons. The summed E-state index contributed by atoms with van der Waals surface area (Å²) in [5, 5.41) is 12.3. The summed E-state index contributed by atoms with van der Waals surface area (Å²) in [5.74, 6) is 1.41. The van der Waals surface area contributed by atoms with Gasteiger partial charge in [0.15, 0.2) is 16.1 Å². The second kappa shape index (κ2) is 9.15. The van der Waals surface area contributed by atoms with Crippen LogP contribution in [0, 0.1) is 6.92 Å². The molecule has 1 N–H and O–H groups in total. The average molecular weight is 440 g/mol. The van der Waals surface area contributed by atoms with E-state index in [1.807, 2.05) is 47.9 Å². The van der Waals surface area contributed by atoms with Crippen LogP contribution in [0.15, 0.2) is 70.6 Å². The molecule has 0 fully saturated rings. The number of anilines is 1. The second-order valence-electron chi connectivity index (χ2n) is 6.45. The zero-order valence-electron chi connectivity index (χ0n) is 16.1. The van der Waals surface area contributed by atoms with Gasteiger partial charge in [-0.3, -0.25) is 9.36 Å². The number of benzene rings is 1. The fraction of sp³-hybridized carbons (Fsp3) is 0.143. The maximum Gasteiger partial charge on any atom is 0.234 e. The largest absolute Gasteiger partial charge is 0.469 e. The lowest BCUT2D eigenvalue weighted by Crippen LogP contribution is -2.15. The number of thioether (sulfide) groups is 1.